The molecule has 0 amide bonds. The third kappa shape index (κ3) is 2.47. The lowest BCUT2D eigenvalue weighted by Crippen LogP contribution is -2.00. The predicted octanol–water partition coefficient (Wildman–Crippen LogP) is 2.20. The number of hydrogen-bond donors (Lipinski definition) is 0. The minimum Gasteiger partial charge on any atom is -0.270 e. The molecule has 5 nitrogen and oxygen atoms in total. The van der Waals surface area contributed by atoms with Crippen molar-refractivity contribution in [3.05, 3.63) is 39.7 Å². The molecule has 0 unspecified atom stereocenters. The summed E-state index contributed by atoms with van der Waals surface area (Å²) in [6.45, 7) is 1.70. The molecule has 0 aliphatic rings. The molecule has 1 aromatic carbocycles. The van der Waals surface area contributed by atoms with E-state index < -0.39 is 16.4 Å². The number of nitro groups is 1. The van der Waals surface area contributed by atoms with E-state index >= 15 is 0 Å². The quantitative estimate of drug-likeness (QED) is 0.334. The standard InChI is InChI=1S/C10H10FN3O2/c1-3-13-10(12-2)7-4-5-9(14(15)16)8(11)6-7/h3-6H,1-2H3. The molecule has 0 saturated carbocycles. The van der Waals surface area contributed by atoms with Crippen LogP contribution in [0.5, 0.6) is 0 Å². The Kier molecular flexibility index (Phi) is 3.82. The van der Waals surface area contributed by atoms with Crippen molar-refractivity contribution in [2.45, 2.75) is 6.92 Å². The summed E-state index contributed by atoms with van der Waals surface area (Å²) in [7, 11) is 1.52. The Morgan fingerprint density at radius 1 is 1.56 bits per heavy atom. The van der Waals surface area contributed by atoms with Crippen LogP contribution in [0.2, 0.25) is 0 Å². The number of amidine groups is 1. The SMILES string of the molecule is CC=NC(=NC)c1ccc([N+](=O)[O-])c(F)c1. The van der Waals surface area contributed by atoms with Gasteiger partial charge in [-0.3, -0.25) is 15.1 Å². The second-order valence-electron chi connectivity index (χ2n) is 2.86. The Labute approximate surface area is 91.5 Å². The Morgan fingerprint density at radius 2 is 2.25 bits per heavy atom. The molecule has 0 spiro atoms. The molecule has 16 heavy (non-hydrogen) atoms. The highest BCUT2D eigenvalue weighted by Crippen LogP contribution is 2.18. The van der Waals surface area contributed by atoms with Crippen molar-refractivity contribution < 1.29 is 9.31 Å². The minimum absolute atomic E-state index is 0.330. The van der Waals surface area contributed by atoms with Gasteiger partial charge in [0.2, 0.25) is 5.82 Å². The number of benzene rings is 1. The summed E-state index contributed by atoms with van der Waals surface area (Å²) >= 11 is 0. The van der Waals surface area contributed by atoms with E-state index in [0.29, 0.717) is 11.4 Å². The summed E-state index contributed by atoms with van der Waals surface area (Å²) in [5, 5.41) is 10.4. The number of aliphatic imine (C=N–C) groups is 2. The second-order valence-corrected chi connectivity index (χ2v) is 2.86. The lowest BCUT2D eigenvalue weighted by atomic mass is 10.2. The molecule has 84 valence electrons. The molecule has 0 bridgehead atoms. The lowest BCUT2D eigenvalue weighted by molar-refractivity contribution is -0.387. The van der Waals surface area contributed by atoms with Crippen LogP contribution in [0.15, 0.2) is 28.2 Å². The number of nitro benzene ring substituents is 1. The molecule has 0 saturated heterocycles. The fourth-order valence-corrected chi connectivity index (χ4v) is 1.18. The van der Waals surface area contributed by atoms with Crippen molar-refractivity contribution in [1.29, 1.82) is 0 Å². The molecule has 0 fully saturated rings. The Hall–Kier alpha value is -2.11. The first-order chi connectivity index (χ1) is 7.60. The minimum atomic E-state index is -0.894. The maximum atomic E-state index is 13.3. The molecule has 0 atom stereocenters. The average Bonchev–Trinajstić information content (AvgIpc) is 2.25. The second kappa shape index (κ2) is 5.11. The fraction of sp³-hybridized carbons (Fsp3) is 0.200. The van der Waals surface area contributed by atoms with Gasteiger partial charge in [0.1, 0.15) is 0 Å². The molecule has 0 aromatic heterocycles. The molecule has 6 heteroatoms. The summed E-state index contributed by atoms with van der Waals surface area (Å²) in [6.07, 6.45) is 1.52. The summed E-state index contributed by atoms with van der Waals surface area (Å²) in [6, 6.07) is 3.56. The largest absolute Gasteiger partial charge is 0.304 e. The van der Waals surface area contributed by atoms with Crippen molar-refractivity contribution in [2.24, 2.45) is 9.98 Å². The van der Waals surface area contributed by atoms with Crippen LogP contribution >= 0.6 is 0 Å². The molecule has 0 aliphatic carbocycles. The van der Waals surface area contributed by atoms with Crippen LogP contribution in [0.4, 0.5) is 10.1 Å². The molecule has 1 rings (SSSR count). The molecule has 0 radical (unpaired) electrons. The van der Waals surface area contributed by atoms with E-state index in [1.807, 2.05) is 0 Å². The van der Waals surface area contributed by atoms with Crippen molar-refractivity contribution in [3.8, 4) is 0 Å². The summed E-state index contributed by atoms with van der Waals surface area (Å²) in [5.41, 5.74) is -0.150. The molecular formula is C10H10FN3O2. The molecule has 0 aliphatic heterocycles. The van der Waals surface area contributed by atoms with Gasteiger partial charge in [-0.25, -0.2) is 4.99 Å². The zero-order valence-electron chi connectivity index (χ0n) is 8.85. The van der Waals surface area contributed by atoms with Gasteiger partial charge in [-0.2, -0.15) is 4.39 Å². The zero-order chi connectivity index (χ0) is 12.1. The highest BCUT2D eigenvalue weighted by atomic mass is 19.1. The number of halogens is 1. The Bertz CT molecular complexity index is 469. The zero-order valence-corrected chi connectivity index (χ0v) is 8.85. The first-order valence-corrected chi connectivity index (χ1v) is 4.50. The van der Waals surface area contributed by atoms with Crippen LogP contribution in [0, 0.1) is 15.9 Å². The van der Waals surface area contributed by atoms with Crippen LogP contribution < -0.4 is 0 Å². The normalized spacial score (nSPS) is 12.1. The summed E-state index contributed by atoms with van der Waals surface area (Å²) < 4.78 is 13.3. The fourth-order valence-electron chi connectivity index (χ4n) is 1.18. The predicted molar refractivity (Wildman–Crippen MR) is 59.7 cm³/mol. The van der Waals surface area contributed by atoms with E-state index in [9.17, 15) is 14.5 Å². The highest BCUT2D eigenvalue weighted by molar-refractivity contribution is 6.02. The number of hydrogen-bond acceptors (Lipinski definition) is 3. The van der Waals surface area contributed by atoms with Crippen LogP contribution in [-0.2, 0) is 0 Å². The first kappa shape index (κ1) is 12.0. The third-order valence-corrected chi connectivity index (χ3v) is 1.87. The topological polar surface area (TPSA) is 67.9 Å². The van der Waals surface area contributed by atoms with Gasteiger partial charge in [0.25, 0.3) is 0 Å². The van der Waals surface area contributed by atoms with Gasteiger partial charge < -0.3 is 0 Å². The van der Waals surface area contributed by atoms with Crippen LogP contribution in [0.1, 0.15) is 12.5 Å². The number of rotatable bonds is 2. The van der Waals surface area contributed by atoms with Gasteiger partial charge in [-0.15, -0.1) is 0 Å². The maximum absolute atomic E-state index is 13.3. The van der Waals surface area contributed by atoms with E-state index in [1.54, 1.807) is 6.92 Å². The van der Waals surface area contributed by atoms with Crippen molar-refractivity contribution >= 4 is 17.7 Å². The van der Waals surface area contributed by atoms with E-state index in [4.69, 9.17) is 0 Å². The van der Waals surface area contributed by atoms with Gasteiger partial charge >= 0.3 is 5.69 Å². The molecule has 1 aromatic rings. The maximum Gasteiger partial charge on any atom is 0.304 e. The van der Waals surface area contributed by atoms with Crippen LogP contribution in [0.25, 0.3) is 0 Å². The van der Waals surface area contributed by atoms with Gasteiger partial charge in [0.15, 0.2) is 5.84 Å². The van der Waals surface area contributed by atoms with E-state index in [1.165, 1.54) is 19.3 Å². The Morgan fingerprint density at radius 3 is 2.69 bits per heavy atom. The van der Waals surface area contributed by atoms with Gasteiger partial charge in [-0.1, -0.05) is 0 Å². The van der Waals surface area contributed by atoms with Crippen molar-refractivity contribution in [3.63, 3.8) is 0 Å². The van der Waals surface area contributed by atoms with Gasteiger partial charge in [0, 0.05) is 24.9 Å². The third-order valence-electron chi connectivity index (χ3n) is 1.87. The van der Waals surface area contributed by atoms with Crippen LogP contribution in [0.3, 0.4) is 0 Å². The van der Waals surface area contributed by atoms with Crippen molar-refractivity contribution in [2.75, 3.05) is 7.05 Å². The summed E-state index contributed by atoms with van der Waals surface area (Å²) in [4.78, 5) is 17.4. The van der Waals surface area contributed by atoms with Crippen LogP contribution in [-0.4, -0.2) is 24.0 Å². The lowest BCUT2D eigenvalue weighted by Gasteiger charge is -2.00. The van der Waals surface area contributed by atoms with Gasteiger partial charge in [0.05, 0.1) is 4.92 Å². The van der Waals surface area contributed by atoms with E-state index in [-0.39, 0.29) is 0 Å². The molecule has 0 N–H and O–H groups in total. The highest BCUT2D eigenvalue weighted by Gasteiger charge is 2.15. The van der Waals surface area contributed by atoms with Gasteiger partial charge in [-0.05, 0) is 19.1 Å². The summed E-state index contributed by atoms with van der Waals surface area (Å²) in [5.74, 6) is -0.564. The van der Waals surface area contributed by atoms with E-state index in [2.05, 4.69) is 9.98 Å². The smallest absolute Gasteiger partial charge is 0.270 e. The average molecular weight is 223 g/mol. The Balaban J connectivity index is 3.20. The van der Waals surface area contributed by atoms with E-state index in [0.717, 1.165) is 12.1 Å². The van der Waals surface area contributed by atoms with Crippen molar-refractivity contribution in [1.82, 2.24) is 0 Å². The molecular weight excluding hydrogens is 213 g/mol. The first-order valence-electron chi connectivity index (χ1n) is 4.50. The number of nitrogens with zero attached hydrogens (tertiary/aromatic N) is 3. The molecule has 0 heterocycles. The monoisotopic (exact) mass is 223 g/mol.